The molecule has 3 aromatic rings. The van der Waals surface area contributed by atoms with Gasteiger partial charge in [-0.3, -0.25) is 14.4 Å². The zero-order chi connectivity index (χ0) is 47.8. The molecule has 0 atom stereocenters. The van der Waals surface area contributed by atoms with Crippen molar-refractivity contribution in [2.45, 2.75) is 156 Å². The molecule has 19 heteroatoms. The third-order valence-electron chi connectivity index (χ3n) is 11.1. The standard InChI is InChI=1S/C46H55N3O8S8/c1-40(2)54-25-19(37(50)47(13)14)26-28(57-41(3,4)55-26)22(27(25)56-40)46(53,23-33-29(58-42(5,6)62-33)20(38(51)48(15)16)30-34(23)63-43(7,8)59-30)24-35-31(60-44(9,10)64-35)21(39(52)49(17)18)32-36(24)65-45(11,12)61-32/h53H,1-18H3. The van der Waals surface area contributed by atoms with Crippen LogP contribution in [0, 0.1) is 0 Å². The van der Waals surface area contributed by atoms with Crippen LogP contribution in [0.2, 0.25) is 0 Å². The summed E-state index contributed by atoms with van der Waals surface area (Å²) in [7, 11) is 10.4. The molecule has 6 heterocycles. The number of rotatable bonds is 6. The van der Waals surface area contributed by atoms with E-state index in [0.717, 1.165) is 39.2 Å². The van der Waals surface area contributed by atoms with Crippen molar-refractivity contribution in [3.63, 3.8) is 0 Å². The van der Waals surface area contributed by atoms with Crippen LogP contribution in [0.25, 0.3) is 0 Å². The summed E-state index contributed by atoms with van der Waals surface area (Å²) >= 11 is 13.0. The summed E-state index contributed by atoms with van der Waals surface area (Å²) in [5, 5.41) is 15.6. The Morgan fingerprint density at radius 3 is 0.877 bits per heavy atom. The molecule has 1 N–H and O–H groups in total. The Bertz CT molecular complexity index is 2290. The summed E-state index contributed by atoms with van der Waals surface area (Å²) in [5.41, 5.74) is 0.569. The van der Waals surface area contributed by atoms with Gasteiger partial charge < -0.3 is 38.8 Å². The Hall–Kier alpha value is -1.97. The minimum absolute atomic E-state index is 0.120. The molecule has 9 rings (SSSR count). The highest BCUT2D eigenvalue weighted by Gasteiger charge is 2.60. The molecule has 0 fully saturated rings. The lowest BCUT2D eigenvalue weighted by molar-refractivity contribution is -0.0514. The number of fused-ring (bicyclic) bond motifs is 6. The van der Waals surface area contributed by atoms with Crippen LogP contribution in [-0.2, 0) is 5.60 Å². The van der Waals surface area contributed by atoms with Gasteiger partial charge in [-0.2, -0.15) is 0 Å². The second-order valence-corrected chi connectivity index (χ2v) is 34.2. The molecule has 350 valence electrons. The molecular formula is C46H55N3O8S8. The molecule has 3 amide bonds. The van der Waals surface area contributed by atoms with E-state index in [9.17, 15) is 14.4 Å². The largest absolute Gasteiger partial charge is 0.448 e. The van der Waals surface area contributed by atoms with Crippen LogP contribution in [0.3, 0.4) is 0 Å². The molecule has 0 aliphatic carbocycles. The van der Waals surface area contributed by atoms with Crippen molar-refractivity contribution >= 4 is 112 Å². The lowest BCUT2D eigenvalue weighted by Crippen LogP contribution is -2.36. The predicted molar refractivity (Wildman–Crippen MR) is 269 cm³/mol. The number of carbonyl (C=O) groups is 3. The second-order valence-electron chi connectivity index (χ2n) is 20.1. The minimum Gasteiger partial charge on any atom is -0.448 e. The van der Waals surface area contributed by atoms with E-state index < -0.39 is 33.5 Å². The first-order chi connectivity index (χ1) is 29.7. The number of amides is 3. The minimum atomic E-state index is -2.19. The van der Waals surface area contributed by atoms with E-state index in [-0.39, 0.29) is 51.8 Å². The summed E-state index contributed by atoms with van der Waals surface area (Å²) in [6.45, 7) is 24.2. The fourth-order valence-corrected chi connectivity index (χ4v) is 20.8. The number of hydrogen-bond acceptors (Lipinski definition) is 16. The summed E-state index contributed by atoms with van der Waals surface area (Å²) in [5.74, 6) is -2.63. The third-order valence-corrected chi connectivity index (χ3v) is 22.4. The Balaban J connectivity index is 1.57. The number of carbonyl (C=O) groups excluding carboxylic acids is 3. The molecule has 0 unspecified atom stereocenters. The van der Waals surface area contributed by atoms with Gasteiger partial charge in [-0.25, -0.2) is 0 Å². The van der Waals surface area contributed by atoms with Crippen molar-refractivity contribution in [1.82, 2.24) is 14.7 Å². The highest BCUT2D eigenvalue weighted by Crippen LogP contribution is 2.74. The van der Waals surface area contributed by atoms with Crippen molar-refractivity contribution in [3.05, 3.63) is 33.4 Å². The van der Waals surface area contributed by atoms with Crippen LogP contribution >= 0.6 is 94.1 Å². The van der Waals surface area contributed by atoms with Crippen LogP contribution in [0.4, 0.5) is 0 Å². The maximum absolute atomic E-state index is 15.6. The molecule has 0 saturated heterocycles. The van der Waals surface area contributed by atoms with Gasteiger partial charge in [-0.1, -0.05) is 0 Å². The highest BCUT2D eigenvalue weighted by molar-refractivity contribution is 8.22. The molecule has 3 aromatic carbocycles. The SMILES string of the molecule is CN(C)C(=O)c1c2c(c(C(O)(c3c4c(c(C(=O)N(C)C)c5c3SC(C)(C)S5)SC(C)(C)S4)c3c4c(c(C(=O)N(C)C)c5c3SC(C)(C)S5)SC(C)(C)S4)c3c1OC(C)(C)O3)OC(C)(C)O2. The quantitative estimate of drug-likeness (QED) is 0.236. The molecule has 0 aromatic heterocycles. The normalized spacial score (nSPS) is 21.2. The fraction of sp³-hybridized carbons (Fsp3) is 0.543. The monoisotopic (exact) mass is 1030 g/mol. The van der Waals surface area contributed by atoms with Crippen LogP contribution in [-0.4, -0.2) is 108 Å². The average molecular weight is 1030 g/mol. The molecule has 6 aliphatic heterocycles. The molecule has 6 aliphatic rings. The van der Waals surface area contributed by atoms with Gasteiger partial charge in [0.15, 0.2) is 28.6 Å². The zero-order valence-electron chi connectivity index (χ0n) is 39.9. The fourth-order valence-electron chi connectivity index (χ4n) is 8.84. The van der Waals surface area contributed by atoms with Gasteiger partial charge >= 0.3 is 0 Å². The van der Waals surface area contributed by atoms with E-state index in [1.54, 1.807) is 174 Å². The topological polar surface area (TPSA) is 118 Å². The summed E-state index contributed by atoms with van der Waals surface area (Å²) in [6, 6.07) is 0. The van der Waals surface area contributed by atoms with Gasteiger partial charge in [0.25, 0.3) is 17.7 Å². The van der Waals surface area contributed by atoms with Gasteiger partial charge in [0.05, 0.1) is 33.0 Å². The summed E-state index contributed by atoms with van der Waals surface area (Å²) < 4.78 is 25.5. The van der Waals surface area contributed by atoms with E-state index in [1.807, 2.05) is 0 Å². The van der Waals surface area contributed by atoms with Gasteiger partial charge in [0, 0.05) is 120 Å². The lowest BCUT2D eigenvalue weighted by atomic mass is 9.77. The maximum atomic E-state index is 15.6. The highest BCUT2D eigenvalue weighted by atomic mass is 32.2. The second kappa shape index (κ2) is 15.0. The Kier molecular flexibility index (Phi) is 11.1. The van der Waals surface area contributed by atoms with Crippen molar-refractivity contribution in [3.8, 4) is 23.0 Å². The molecular weight excluding hydrogens is 979 g/mol. The van der Waals surface area contributed by atoms with E-state index in [4.69, 9.17) is 18.9 Å². The number of nitrogens with zero attached hydrogens (tertiary/aromatic N) is 3. The lowest BCUT2D eigenvalue weighted by Gasteiger charge is -2.38. The number of ether oxygens (including phenoxy) is 4. The van der Waals surface area contributed by atoms with E-state index in [2.05, 4.69) is 55.4 Å². The Morgan fingerprint density at radius 1 is 0.385 bits per heavy atom. The Morgan fingerprint density at radius 2 is 0.615 bits per heavy atom. The third kappa shape index (κ3) is 7.55. The predicted octanol–water partition coefficient (Wildman–Crippen LogP) is 11.8. The smallest absolute Gasteiger partial charge is 0.261 e. The molecule has 0 saturated carbocycles. The van der Waals surface area contributed by atoms with Gasteiger partial charge in [0.2, 0.25) is 11.6 Å². The molecule has 11 nitrogen and oxygen atoms in total. The van der Waals surface area contributed by atoms with Crippen molar-refractivity contribution in [1.29, 1.82) is 0 Å². The first-order valence-electron chi connectivity index (χ1n) is 21.1. The average Bonchev–Trinajstić information content (AvgIpc) is 3.95. The van der Waals surface area contributed by atoms with Crippen LogP contribution in [0.5, 0.6) is 23.0 Å². The van der Waals surface area contributed by atoms with Gasteiger partial charge in [-0.15, -0.1) is 94.1 Å². The number of aliphatic hydroxyl groups is 1. The number of thioether (sulfide) groups is 8. The van der Waals surface area contributed by atoms with Crippen molar-refractivity contribution in [2.24, 2.45) is 0 Å². The molecule has 65 heavy (non-hydrogen) atoms. The van der Waals surface area contributed by atoms with Gasteiger partial charge in [-0.05, 0) is 55.4 Å². The first kappa shape index (κ1) is 48.1. The van der Waals surface area contributed by atoms with Crippen LogP contribution in [0.1, 0.15) is 131 Å². The number of hydrogen-bond donors (Lipinski definition) is 1. The maximum Gasteiger partial charge on any atom is 0.261 e. The van der Waals surface area contributed by atoms with Crippen molar-refractivity contribution in [2.75, 3.05) is 42.3 Å². The van der Waals surface area contributed by atoms with Crippen LogP contribution < -0.4 is 18.9 Å². The van der Waals surface area contributed by atoms with E-state index >= 15 is 5.11 Å². The molecule has 0 spiro atoms. The Labute approximate surface area is 416 Å². The first-order valence-corrected chi connectivity index (χ1v) is 27.6. The van der Waals surface area contributed by atoms with Crippen molar-refractivity contribution < 1.29 is 38.4 Å². The van der Waals surface area contributed by atoms with Gasteiger partial charge in [0.1, 0.15) is 5.56 Å². The summed E-state index contributed by atoms with van der Waals surface area (Å²) in [4.78, 5) is 54.8. The zero-order valence-corrected chi connectivity index (χ0v) is 46.4. The number of benzene rings is 3. The van der Waals surface area contributed by atoms with Crippen LogP contribution in [0.15, 0.2) is 39.2 Å². The van der Waals surface area contributed by atoms with E-state index in [0.29, 0.717) is 22.3 Å². The molecule has 0 radical (unpaired) electrons. The van der Waals surface area contributed by atoms with E-state index in [1.165, 1.54) is 4.90 Å². The molecule has 0 bridgehead atoms. The summed E-state index contributed by atoms with van der Waals surface area (Å²) in [6.07, 6.45) is 0.